The van der Waals surface area contributed by atoms with E-state index in [-0.39, 0.29) is 0 Å². The Hall–Kier alpha value is -1.32. The van der Waals surface area contributed by atoms with E-state index in [0.29, 0.717) is 5.82 Å². The third-order valence-corrected chi connectivity index (χ3v) is 4.10. The largest absolute Gasteiger partial charge is 0.383 e. The van der Waals surface area contributed by atoms with Gasteiger partial charge in [-0.05, 0) is 25.7 Å². The summed E-state index contributed by atoms with van der Waals surface area (Å²) in [5.74, 6) is 3.30. The van der Waals surface area contributed by atoms with Gasteiger partial charge in [-0.3, -0.25) is 0 Å². The third-order valence-electron chi connectivity index (χ3n) is 4.10. The third kappa shape index (κ3) is 3.82. The molecule has 1 aromatic heterocycles. The molecule has 0 atom stereocenters. The number of nitrogen functional groups attached to an aromatic ring is 1. The normalized spacial score (nSPS) is 15.9. The van der Waals surface area contributed by atoms with Gasteiger partial charge in [0.1, 0.15) is 17.5 Å². The standard InChI is InChI=1S/C15H26N4/c1-3-13-18-14(16)11(2)15(19-13)17-10-6-9-12-7-4-5-8-12/h12H,3-10H2,1-2H3,(H3,16,17,18,19). The van der Waals surface area contributed by atoms with Crippen molar-refractivity contribution in [3.8, 4) is 0 Å². The van der Waals surface area contributed by atoms with Crippen LogP contribution in [0.4, 0.5) is 11.6 Å². The van der Waals surface area contributed by atoms with Crippen molar-refractivity contribution < 1.29 is 0 Å². The molecule has 106 valence electrons. The van der Waals surface area contributed by atoms with Crippen molar-refractivity contribution in [2.75, 3.05) is 17.6 Å². The van der Waals surface area contributed by atoms with Crippen molar-refractivity contribution in [3.63, 3.8) is 0 Å². The Balaban J connectivity index is 1.82. The molecule has 1 aromatic rings. The van der Waals surface area contributed by atoms with Gasteiger partial charge in [0.15, 0.2) is 0 Å². The van der Waals surface area contributed by atoms with Crippen molar-refractivity contribution in [1.82, 2.24) is 9.97 Å². The van der Waals surface area contributed by atoms with Gasteiger partial charge in [-0.1, -0.05) is 32.6 Å². The second-order valence-electron chi connectivity index (χ2n) is 5.57. The van der Waals surface area contributed by atoms with Gasteiger partial charge < -0.3 is 11.1 Å². The lowest BCUT2D eigenvalue weighted by molar-refractivity contribution is 0.491. The number of aryl methyl sites for hydroxylation is 1. The van der Waals surface area contributed by atoms with Crippen LogP contribution in [0.15, 0.2) is 0 Å². The van der Waals surface area contributed by atoms with Gasteiger partial charge in [-0.15, -0.1) is 0 Å². The van der Waals surface area contributed by atoms with Crippen LogP contribution in [-0.4, -0.2) is 16.5 Å². The molecule has 2 rings (SSSR count). The van der Waals surface area contributed by atoms with E-state index in [9.17, 15) is 0 Å². The molecular weight excluding hydrogens is 236 g/mol. The van der Waals surface area contributed by atoms with Gasteiger partial charge in [0.2, 0.25) is 0 Å². The minimum atomic E-state index is 0.602. The van der Waals surface area contributed by atoms with Crippen molar-refractivity contribution in [2.24, 2.45) is 5.92 Å². The quantitative estimate of drug-likeness (QED) is 0.772. The summed E-state index contributed by atoms with van der Waals surface area (Å²) < 4.78 is 0. The summed E-state index contributed by atoms with van der Waals surface area (Å²) in [6, 6.07) is 0. The van der Waals surface area contributed by atoms with Gasteiger partial charge >= 0.3 is 0 Å². The summed E-state index contributed by atoms with van der Waals surface area (Å²) in [7, 11) is 0. The van der Waals surface area contributed by atoms with Crippen molar-refractivity contribution in [3.05, 3.63) is 11.4 Å². The van der Waals surface area contributed by atoms with E-state index in [1.807, 2.05) is 13.8 Å². The van der Waals surface area contributed by atoms with Gasteiger partial charge in [0.25, 0.3) is 0 Å². The molecule has 0 saturated heterocycles. The van der Waals surface area contributed by atoms with E-state index in [0.717, 1.165) is 36.1 Å². The highest BCUT2D eigenvalue weighted by molar-refractivity contribution is 5.54. The summed E-state index contributed by atoms with van der Waals surface area (Å²) in [6.45, 7) is 5.01. The highest BCUT2D eigenvalue weighted by Crippen LogP contribution is 2.28. The van der Waals surface area contributed by atoms with Crippen molar-refractivity contribution in [1.29, 1.82) is 0 Å². The molecular formula is C15H26N4. The molecule has 0 aromatic carbocycles. The molecule has 3 N–H and O–H groups in total. The average Bonchev–Trinajstić information content (AvgIpc) is 2.92. The van der Waals surface area contributed by atoms with Gasteiger partial charge in [-0.2, -0.15) is 0 Å². The summed E-state index contributed by atoms with van der Waals surface area (Å²) in [6.07, 6.45) is 9.10. The molecule has 19 heavy (non-hydrogen) atoms. The van der Waals surface area contributed by atoms with Gasteiger partial charge in [0, 0.05) is 18.5 Å². The molecule has 0 spiro atoms. The summed E-state index contributed by atoms with van der Waals surface area (Å²) in [5.41, 5.74) is 6.88. The maximum Gasteiger partial charge on any atom is 0.134 e. The summed E-state index contributed by atoms with van der Waals surface area (Å²) in [5, 5.41) is 3.42. The molecule has 0 aliphatic heterocycles. The zero-order valence-corrected chi connectivity index (χ0v) is 12.2. The number of anilines is 2. The second kappa shape index (κ2) is 6.73. The van der Waals surface area contributed by atoms with Crippen LogP contribution in [0.2, 0.25) is 0 Å². The molecule has 0 unspecified atom stereocenters. The van der Waals surface area contributed by atoms with Crippen LogP contribution in [0.3, 0.4) is 0 Å². The van der Waals surface area contributed by atoms with Gasteiger partial charge in [0.05, 0.1) is 0 Å². The van der Waals surface area contributed by atoms with E-state index < -0.39 is 0 Å². The number of aromatic nitrogens is 2. The maximum absolute atomic E-state index is 5.91. The summed E-state index contributed by atoms with van der Waals surface area (Å²) in [4.78, 5) is 8.79. The molecule has 4 nitrogen and oxygen atoms in total. The lowest BCUT2D eigenvalue weighted by atomic mass is 10.0. The van der Waals surface area contributed by atoms with E-state index >= 15 is 0 Å². The topological polar surface area (TPSA) is 63.8 Å². The number of nitrogens with two attached hydrogens (primary N) is 1. The lowest BCUT2D eigenvalue weighted by Crippen LogP contribution is -2.11. The molecule has 1 heterocycles. The Bertz CT molecular complexity index is 411. The molecule has 4 heteroatoms. The number of rotatable bonds is 6. The van der Waals surface area contributed by atoms with E-state index in [2.05, 4.69) is 15.3 Å². The highest BCUT2D eigenvalue weighted by Gasteiger charge is 2.14. The predicted molar refractivity (Wildman–Crippen MR) is 80.2 cm³/mol. The lowest BCUT2D eigenvalue weighted by Gasteiger charge is -2.13. The first-order valence-electron chi connectivity index (χ1n) is 7.57. The molecule has 1 aliphatic carbocycles. The summed E-state index contributed by atoms with van der Waals surface area (Å²) >= 11 is 0. The Morgan fingerprint density at radius 2 is 2.00 bits per heavy atom. The van der Waals surface area contributed by atoms with Gasteiger partial charge in [-0.25, -0.2) is 9.97 Å². The van der Waals surface area contributed by atoms with Crippen LogP contribution in [0.1, 0.15) is 56.8 Å². The van der Waals surface area contributed by atoms with Crippen LogP contribution in [0.5, 0.6) is 0 Å². The number of hydrogen-bond donors (Lipinski definition) is 2. The predicted octanol–water partition coefficient (Wildman–Crippen LogP) is 3.31. The minimum Gasteiger partial charge on any atom is -0.383 e. The molecule has 1 aliphatic rings. The maximum atomic E-state index is 5.91. The molecule has 0 amide bonds. The highest BCUT2D eigenvalue weighted by atomic mass is 15.1. The van der Waals surface area contributed by atoms with Crippen molar-refractivity contribution >= 4 is 11.6 Å². The Kier molecular flexibility index (Phi) is 5.00. The smallest absolute Gasteiger partial charge is 0.134 e. The zero-order chi connectivity index (χ0) is 13.7. The average molecular weight is 262 g/mol. The number of nitrogens with zero attached hydrogens (tertiary/aromatic N) is 2. The van der Waals surface area contributed by atoms with Crippen LogP contribution in [-0.2, 0) is 6.42 Å². The Labute approximate surface area is 116 Å². The fourth-order valence-electron chi connectivity index (χ4n) is 2.81. The Morgan fingerprint density at radius 3 is 2.68 bits per heavy atom. The molecule has 1 fully saturated rings. The first-order chi connectivity index (χ1) is 9.20. The van der Waals surface area contributed by atoms with Crippen molar-refractivity contribution in [2.45, 2.75) is 58.8 Å². The van der Waals surface area contributed by atoms with Crippen LogP contribution in [0.25, 0.3) is 0 Å². The van der Waals surface area contributed by atoms with E-state index in [4.69, 9.17) is 5.73 Å². The van der Waals surface area contributed by atoms with Crippen LogP contribution >= 0.6 is 0 Å². The SMILES string of the molecule is CCc1nc(N)c(C)c(NCCCC2CCCC2)n1. The van der Waals surface area contributed by atoms with E-state index in [1.165, 1.54) is 38.5 Å². The Morgan fingerprint density at radius 1 is 1.26 bits per heavy atom. The fraction of sp³-hybridized carbons (Fsp3) is 0.733. The van der Waals surface area contributed by atoms with E-state index in [1.54, 1.807) is 0 Å². The molecule has 0 bridgehead atoms. The minimum absolute atomic E-state index is 0.602. The zero-order valence-electron chi connectivity index (χ0n) is 12.2. The van der Waals surface area contributed by atoms with Crippen LogP contribution in [0, 0.1) is 12.8 Å². The first-order valence-corrected chi connectivity index (χ1v) is 7.57. The number of nitrogens with one attached hydrogen (secondary N) is 1. The van der Waals surface area contributed by atoms with Crippen LogP contribution < -0.4 is 11.1 Å². The monoisotopic (exact) mass is 262 g/mol. The first kappa shape index (κ1) is 14.1. The number of hydrogen-bond acceptors (Lipinski definition) is 4. The fourth-order valence-corrected chi connectivity index (χ4v) is 2.81. The second-order valence-corrected chi connectivity index (χ2v) is 5.57. The molecule has 0 radical (unpaired) electrons. The molecule has 1 saturated carbocycles.